The Hall–Kier alpha value is -2.56. The number of hydrogen-bond donors (Lipinski definition) is 1. The van der Waals surface area contributed by atoms with Gasteiger partial charge >= 0.3 is 6.09 Å². The van der Waals surface area contributed by atoms with Gasteiger partial charge in [0.2, 0.25) is 0 Å². The number of amides is 1. The van der Waals surface area contributed by atoms with Crippen molar-refractivity contribution >= 4 is 11.8 Å². The summed E-state index contributed by atoms with van der Waals surface area (Å²) in [6.45, 7) is 2.37. The number of benzene rings is 2. The van der Waals surface area contributed by atoms with Gasteiger partial charge in [-0.25, -0.2) is 9.18 Å². The summed E-state index contributed by atoms with van der Waals surface area (Å²) in [6, 6.07) is 16.4. The Labute approximate surface area is 147 Å². The first-order chi connectivity index (χ1) is 12.2. The Bertz CT molecular complexity index is 685. The molecule has 1 amide bonds. The molecule has 1 N–H and O–H groups in total. The quantitative estimate of drug-likeness (QED) is 0.881. The smallest absolute Gasteiger partial charge is 0.410 e. The largest absolute Gasteiger partial charge is 0.445 e. The van der Waals surface area contributed by atoms with Crippen molar-refractivity contribution in [2.75, 3.05) is 25.0 Å². The minimum atomic E-state index is -0.260. The van der Waals surface area contributed by atoms with Crippen molar-refractivity contribution in [1.29, 1.82) is 0 Å². The molecule has 2 aromatic carbocycles. The standard InChI is InChI=1S/C20H23FN2O2/c21-18-8-4-5-9-19(18)22-14-16-10-12-23(13-11-16)20(24)25-15-17-6-2-1-3-7-17/h1-9,16,22H,10-15H2. The predicted molar refractivity (Wildman–Crippen MR) is 95.8 cm³/mol. The molecule has 0 saturated carbocycles. The molecule has 3 rings (SSSR count). The van der Waals surface area contributed by atoms with Gasteiger partial charge in [-0.05, 0) is 36.5 Å². The van der Waals surface area contributed by atoms with Crippen LogP contribution in [0.15, 0.2) is 54.6 Å². The van der Waals surface area contributed by atoms with Gasteiger partial charge in [-0.1, -0.05) is 42.5 Å². The van der Waals surface area contributed by atoms with Crippen LogP contribution in [0, 0.1) is 11.7 Å². The van der Waals surface area contributed by atoms with Crippen molar-refractivity contribution in [2.24, 2.45) is 5.92 Å². The number of anilines is 1. The maximum absolute atomic E-state index is 13.6. The van der Waals surface area contributed by atoms with Crippen molar-refractivity contribution in [1.82, 2.24) is 4.90 Å². The van der Waals surface area contributed by atoms with Crippen LogP contribution in [0.3, 0.4) is 0 Å². The molecule has 0 aromatic heterocycles. The van der Waals surface area contributed by atoms with Gasteiger partial charge in [-0.2, -0.15) is 0 Å². The molecule has 1 fully saturated rings. The van der Waals surface area contributed by atoms with E-state index in [4.69, 9.17) is 4.74 Å². The molecule has 0 bridgehead atoms. The van der Waals surface area contributed by atoms with E-state index in [9.17, 15) is 9.18 Å². The third-order valence-corrected chi connectivity index (χ3v) is 4.53. The lowest BCUT2D eigenvalue weighted by Gasteiger charge is -2.31. The van der Waals surface area contributed by atoms with Gasteiger partial charge < -0.3 is 15.0 Å². The Morgan fingerprint density at radius 2 is 1.76 bits per heavy atom. The number of carbonyl (C=O) groups is 1. The van der Waals surface area contributed by atoms with Crippen LogP contribution in [0.5, 0.6) is 0 Å². The molecule has 0 radical (unpaired) electrons. The SMILES string of the molecule is O=C(OCc1ccccc1)N1CCC(CNc2ccccc2F)CC1. The molecule has 5 heteroatoms. The number of rotatable bonds is 5. The van der Waals surface area contributed by atoms with Crippen LogP contribution < -0.4 is 5.32 Å². The van der Waals surface area contributed by atoms with E-state index < -0.39 is 0 Å². The van der Waals surface area contributed by atoms with Crippen LogP contribution in [0.25, 0.3) is 0 Å². The molecule has 2 aromatic rings. The fourth-order valence-electron chi connectivity index (χ4n) is 2.99. The number of nitrogens with one attached hydrogen (secondary N) is 1. The maximum Gasteiger partial charge on any atom is 0.410 e. The molecule has 0 atom stereocenters. The number of halogens is 1. The summed E-state index contributed by atoms with van der Waals surface area (Å²) in [6.07, 6.45) is 1.52. The fourth-order valence-corrected chi connectivity index (χ4v) is 2.99. The van der Waals surface area contributed by atoms with Crippen molar-refractivity contribution in [2.45, 2.75) is 19.4 Å². The van der Waals surface area contributed by atoms with E-state index in [0.29, 0.717) is 37.8 Å². The lowest BCUT2D eigenvalue weighted by Crippen LogP contribution is -2.40. The summed E-state index contributed by atoms with van der Waals surface area (Å²) in [5.41, 5.74) is 1.52. The third kappa shape index (κ3) is 4.95. The number of piperidine rings is 1. The van der Waals surface area contributed by atoms with Gasteiger partial charge in [0, 0.05) is 19.6 Å². The van der Waals surface area contributed by atoms with Crippen LogP contribution in [0.4, 0.5) is 14.9 Å². The number of hydrogen-bond acceptors (Lipinski definition) is 3. The molecule has 1 aliphatic heterocycles. The minimum absolute atomic E-state index is 0.232. The number of likely N-dealkylation sites (tertiary alicyclic amines) is 1. The van der Waals surface area contributed by atoms with Crippen LogP contribution in [0.2, 0.25) is 0 Å². The first-order valence-corrected chi connectivity index (χ1v) is 8.66. The van der Waals surface area contributed by atoms with E-state index in [-0.39, 0.29) is 11.9 Å². The zero-order valence-corrected chi connectivity index (χ0v) is 14.2. The summed E-state index contributed by atoms with van der Waals surface area (Å²) < 4.78 is 19.0. The summed E-state index contributed by atoms with van der Waals surface area (Å²) >= 11 is 0. The number of carbonyl (C=O) groups excluding carboxylic acids is 1. The molecule has 25 heavy (non-hydrogen) atoms. The third-order valence-electron chi connectivity index (χ3n) is 4.53. The lowest BCUT2D eigenvalue weighted by molar-refractivity contribution is 0.0832. The number of nitrogens with zero attached hydrogens (tertiary/aromatic N) is 1. The van der Waals surface area contributed by atoms with E-state index in [1.54, 1.807) is 17.0 Å². The van der Waals surface area contributed by atoms with Crippen LogP contribution in [-0.2, 0) is 11.3 Å². The van der Waals surface area contributed by atoms with Gasteiger partial charge in [0.05, 0.1) is 5.69 Å². The number of para-hydroxylation sites is 1. The van der Waals surface area contributed by atoms with E-state index in [2.05, 4.69) is 5.32 Å². The fraction of sp³-hybridized carbons (Fsp3) is 0.350. The Balaban J connectivity index is 1.39. The van der Waals surface area contributed by atoms with Gasteiger partial charge in [-0.15, -0.1) is 0 Å². The predicted octanol–water partition coefficient (Wildman–Crippen LogP) is 4.29. The second kappa shape index (κ2) is 8.51. The van der Waals surface area contributed by atoms with Crippen molar-refractivity contribution in [3.63, 3.8) is 0 Å². The first-order valence-electron chi connectivity index (χ1n) is 8.66. The molecule has 1 heterocycles. The van der Waals surface area contributed by atoms with Gasteiger partial charge in [0.15, 0.2) is 0 Å². The van der Waals surface area contributed by atoms with Crippen LogP contribution in [0.1, 0.15) is 18.4 Å². The normalized spacial score (nSPS) is 15.0. The van der Waals surface area contributed by atoms with Crippen LogP contribution >= 0.6 is 0 Å². The molecule has 0 unspecified atom stereocenters. The first kappa shape index (κ1) is 17.3. The summed E-state index contributed by atoms with van der Waals surface area (Å²) in [5, 5.41) is 3.16. The van der Waals surface area contributed by atoms with E-state index in [1.165, 1.54) is 6.07 Å². The highest BCUT2D eigenvalue weighted by molar-refractivity contribution is 5.67. The highest BCUT2D eigenvalue weighted by Crippen LogP contribution is 2.20. The molecule has 132 valence electrons. The zero-order chi connectivity index (χ0) is 17.5. The van der Waals surface area contributed by atoms with Crippen LogP contribution in [-0.4, -0.2) is 30.6 Å². The summed E-state index contributed by atoms with van der Waals surface area (Å²) in [7, 11) is 0. The Kier molecular flexibility index (Phi) is 5.88. The van der Waals surface area contributed by atoms with Gasteiger partial charge in [0.25, 0.3) is 0 Å². The summed E-state index contributed by atoms with van der Waals surface area (Å²) in [5.74, 6) is 0.196. The lowest BCUT2D eigenvalue weighted by atomic mass is 9.97. The average molecular weight is 342 g/mol. The minimum Gasteiger partial charge on any atom is -0.445 e. The van der Waals surface area contributed by atoms with E-state index in [0.717, 1.165) is 18.4 Å². The molecular formula is C20H23FN2O2. The zero-order valence-electron chi connectivity index (χ0n) is 14.2. The topological polar surface area (TPSA) is 41.6 Å². The van der Waals surface area contributed by atoms with Crippen molar-refractivity contribution in [3.8, 4) is 0 Å². The van der Waals surface area contributed by atoms with Crippen molar-refractivity contribution in [3.05, 3.63) is 66.0 Å². The Morgan fingerprint density at radius 1 is 1.08 bits per heavy atom. The highest BCUT2D eigenvalue weighted by atomic mass is 19.1. The highest BCUT2D eigenvalue weighted by Gasteiger charge is 2.23. The Morgan fingerprint density at radius 3 is 2.48 bits per heavy atom. The summed E-state index contributed by atoms with van der Waals surface area (Å²) in [4.78, 5) is 13.9. The molecule has 0 aliphatic carbocycles. The van der Waals surface area contributed by atoms with Gasteiger partial charge in [0.1, 0.15) is 12.4 Å². The molecule has 0 spiro atoms. The molecule has 1 aliphatic rings. The molecule has 4 nitrogen and oxygen atoms in total. The molecular weight excluding hydrogens is 319 g/mol. The second-order valence-electron chi connectivity index (χ2n) is 6.33. The van der Waals surface area contributed by atoms with Crippen molar-refractivity contribution < 1.29 is 13.9 Å². The van der Waals surface area contributed by atoms with Gasteiger partial charge in [-0.3, -0.25) is 0 Å². The van der Waals surface area contributed by atoms with E-state index in [1.807, 2.05) is 36.4 Å². The number of ether oxygens (including phenoxy) is 1. The maximum atomic E-state index is 13.6. The van der Waals surface area contributed by atoms with E-state index >= 15 is 0 Å². The average Bonchev–Trinajstić information content (AvgIpc) is 2.67. The second-order valence-corrected chi connectivity index (χ2v) is 6.33. The molecule has 1 saturated heterocycles. The monoisotopic (exact) mass is 342 g/mol.